The molecule has 1 N–H and O–H groups in total. The van der Waals surface area contributed by atoms with Crippen LogP contribution in [0, 0.1) is 5.82 Å². The van der Waals surface area contributed by atoms with Gasteiger partial charge in [0.1, 0.15) is 17.2 Å². The second-order valence-corrected chi connectivity index (χ2v) is 5.89. The van der Waals surface area contributed by atoms with Gasteiger partial charge in [-0.1, -0.05) is 6.07 Å². The van der Waals surface area contributed by atoms with Crippen molar-refractivity contribution in [1.82, 2.24) is 14.7 Å². The average Bonchev–Trinajstić information content (AvgIpc) is 3.07. The fraction of sp³-hybridized carbons (Fsp3) is 0.300. The number of fused-ring (bicyclic) bond motifs is 1. The van der Waals surface area contributed by atoms with Crippen LogP contribution in [0.5, 0.6) is 11.5 Å². The summed E-state index contributed by atoms with van der Waals surface area (Å²) in [6, 6.07) is 8.59. The molecule has 0 fully saturated rings. The van der Waals surface area contributed by atoms with Crippen molar-refractivity contribution in [3.63, 3.8) is 0 Å². The van der Waals surface area contributed by atoms with Gasteiger partial charge in [-0.2, -0.15) is 0 Å². The van der Waals surface area contributed by atoms with Gasteiger partial charge in [0.05, 0.1) is 13.2 Å². The molecule has 3 aromatic rings. The summed E-state index contributed by atoms with van der Waals surface area (Å²) in [5.74, 6) is 0.733. The Balaban J connectivity index is 1.61. The molecule has 7 heteroatoms. The monoisotopic (exact) mass is 371 g/mol. The predicted octanol–water partition coefficient (Wildman–Crippen LogP) is 3.24. The molecule has 3 rings (SSSR count). The van der Waals surface area contributed by atoms with Crippen molar-refractivity contribution in [3.8, 4) is 11.5 Å². The van der Waals surface area contributed by atoms with Crippen molar-refractivity contribution in [3.05, 3.63) is 59.8 Å². The first kappa shape index (κ1) is 18.7. The van der Waals surface area contributed by atoms with Crippen LogP contribution in [0.25, 0.3) is 5.65 Å². The minimum Gasteiger partial charge on any atom is -0.490 e. The van der Waals surface area contributed by atoms with E-state index >= 15 is 0 Å². The third-order valence-electron chi connectivity index (χ3n) is 3.95. The van der Waals surface area contributed by atoms with E-state index in [-0.39, 0.29) is 17.4 Å². The Kier molecular flexibility index (Phi) is 5.90. The molecule has 27 heavy (non-hydrogen) atoms. The van der Waals surface area contributed by atoms with Gasteiger partial charge in [0.2, 0.25) is 0 Å². The number of benzene rings is 1. The highest BCUT2D eigenvalue weighted by atomic mass is 19.1. The van der Waals surface area contributed by atoms with Crippen molar-refractivity contribution >= 4 is 11.6 Å². The highest BCUT2D eigenvalue weighted by Crippen LogP contribution is 2.28. The Hall–Kier alpha value is -3.09. The minimum absolute atomic E-state index is 0.252. The zero-order valence-electron chi connectivity index (χ0n) is 15.4. The van der Waals surface area contributed by atoms with Crippen LogP contribution in [0.4, 0.5) is 4.39 Å². The Labute approximate surface area is 156 Å². The first-order chi connectivity index (χ1) is 13.1. The molecule has 1 aromatic carbocycles. The largest absolute Gasteiger partial charge is 0.490 e. The van der Waals surface area contributed by atoms with E-state index in [9.17, 15) is 9.18 Å². The van der Waals surface area contributed by atoms with Crippen molar-refractivity contribution < 1.29 is 18.7 Å². The highest BCUT2D eigenvalue weighted by molar-refractivity contribution is 5.92. The lowest BCUT2D eigenvalue weighted by Crippen LogP contribution is -2.26. The number of pyridine rings is 1. The summed E-state index contributed by atoms with van der Waals surface area (Å²) >= 11 is 0. The lowest BCUT2D eigenvalue weighted by atomic mass is 10.1. The molecule has 0 aliphatic carbocycles. The van der Waals surface area contributed by atoms with Crippen LogP contribution in [0.1, 0.15) is 29.9 Å². The molecule has 142 valence electrons. The van der Waals surface area contributed by atoms with Gasteiger partial charge in [-0.15, -0.1) is 0 Å². The van der Waals surface area contributed by atoms with Gasteiger partial charge >= 0.3 is 0 Å². The van der Waals surface area contributed by atoms with E-state index in [0.29, 0.717) is 43.3 Å². The molecule has 0 unspecified atom stereocenters. The Morgan fingerprint density at radius 3 is 2.67 bits per heavy atom. The molecule has 0 saturated carbocycles. The number of ether oxygens (including phenoxy) is 2. The highest BCUT2D eigenvalue weighted by Gasteiger charge is 2.11. The summed E-state index contributed by atoms with van der Waals surface area (Å²) in [6.45, 7) is 5.41. The molecule has 0 atom stereocenters. The van der Waals surface area contributed by atoms with Crippen LogP contribution >= 0.6 is 0 Å². The maximum atomic E-state index is 13.2. The van der Waals surface area contributed by atoms with Gasteiger partial charge in [0, 0.05) is 18.9 Å². The number of carbonyl (C=O) groups excluding carboxylic acids is 1. The van der Waals surface area contributed by atoms with E-state index < -0.39 is 0 Å². The molecular formula is C20H22FN3O3. The number of nitrogens with zero attached hydrogens (tertiary/aromatic N) is 2. The minimum atomic E-state index is -0.382. The van der Waals surface area contributed by atoms with Gasteiger partial charge in [-0.3, -0.25) is 4.79 Å². The second kappa shape index (κ2) is 8.53. The normalized spacial score (nSPS) is 10.8. The van der Waals surface area contributed by atoms with Crippen LogP contribution in [-0.2, 0) is 6.42 Å². The van der Waals surface area contributed by atoms with Crippen molar-refractivity contribution in [2.24, 2.45) is 0 Å². The van der Waals surface area contributed by atoms with Gasteiger partial charge in [0.25, 0.3) is 5.91 Å². The molecule has 2 heterocycles. The number of hydrogen-bond acceptors (Lipinski definition) is 4. The molecule has 0 bridgehead atoms. The number of halogens is 1. The Morgan fingerprint density at radius 2 is 1.89 bits per heavy atom. The van der Waals surface area contributed by atoms with E-state index in [4.69, 9.17) is 9.47 Å². The SMILES string of the molecule is CCOc1ccc(CCNC(=O)c2cn3cc(F)ccc3n2)cc1OCC. The zero-order chi connectivity index (χ0) is 19.2. The number of carbonyl (C=O) groups is 1. The maximum Gasteiger partial charge on any atom is 0.271 e. The van der Waals surface area contributed by atoms with Crippen LogP contribution in [-0.4, -0.2) is 35.1 Å². The van der Waals surface area contributed by atoms with Gasteiger partial charge in [-0.05, 0) is 50.1 Å². The van der Waals surface area contributed by atoms with Crippen molar-refractivity contribution in [2.75, 3.05) is 19.8 Å². The van der Waals surface area contributed by atoms with Gasteiger partial charge < -0.3 is 19.2 Å². The van der Waals surface area contributed by atoms with E-state index in [1.165, 1.54) is 28.9 Å². The zero-order valence-corrected chi connectivity index (χ0v) is 15.4. The maximum absolute atomic E-state index is 13.2. The summed E-state index contributed by atoms with van der Waals surface area (Å²) in [5.41, 5.74) is 1.80. The molecule has 1 amide bonds. The molecule has 0 aliphatic rings. The number of amides is 1. The molecule has 0 saturated heterocycles. The Bertz CT molecular complexity index is 939. The van der Waals surface area contributed by atoms with E-state index in [1.54, 1.807) is 0 Å². The number of hydrogen-bond donors (Lipinski definition) is 1. The van der Waals surface area contributed by atoms with Crippen molar-refractivity contribution in [1.29, 1.82) is 0 Å². The van der Waals surface area contributed by atoms with Crippen LogP contribution in [0.15, 0.2) is 42.7 Å². The van der Waals surface area contributed by atoms with E-state index in [1.807, 2.05) is 32.0 Å². The summed E-state index contributed by atoms with van der Waals surface area (Å²) in [5, 5.41) is 2.83. The summed E-state index contributed by atoms with van der Waals surface area (Å²) in [7, 11) is 0. The first-order valence-corrected chi connectivity index (χ1v) is 8.91. The Morgan fingerprint density at radius 1 is 1.11 bits per heavy atom. The fourth-order valence-electron chi connectivity index (χ4n) is 2.74. The quantitative estimate of drug-likeness (QED) is 0.660. The average molecular weight is 371 g/mol. The molecule has 6 nitrogen and oxygen atoms in total. The third-order valence-corrected chi connectivity index (χ3v) is 3.95. The standard InChI is InChI=1S/C20H22FN3O3/c1-3-26-17-7-5-14(11-18(17)27-4-2)9-10-22-20(25)16-13-24-12-15(21)6-8-19(24)23-16/h5-8,11-13H,3-4,9-10H2,1-2H3,(H,22,25). The predicted molar refractivity (Wildman–Crippen MR) is 100.0 cm³/mol. The smallest absolute Gasteiger partial charge is 0.271 e. The molecule has 0 spiro atoms. The van der Waals surface area contributed by atoms with Gasteiger partial charge in [0.15, 0.2) is 11.5 Å². The molecule has 0 aliphatic heterocycles. The van der Waals surface area contributed by atoms with Crippen molar-refractivity contribution in [2.45, 2.75) is 20.3 Å². The van der Waals surface area contributed by atoms with Crippen LogP contribution in [0.3, 0.4) is 0 Å². The lowest BCUT2D eigenvalue weighted by Gasteiger charge is -2.12. The fourth-order valence-corrected chi connectivity index (χ4v) is 2.74. The molecule has 0 radical (unpaired) electrons. The van der Waals surface area contributed by atoms with E-state index in [2.05, 4.69) is 10.3 Å². The summed E-state index contributed by atoms with van der Waals surface area (Å²) in [4.78, 5) is 16.5. The number of nitrogens with one attached hydrogen (secondary N) is 1. The topological polar surface area (TPSA) is 64.9 Å². The van der Waals surface area contributed by atoms with E-state index in [0.717, 1.165) is 5.56 Å². The molecular weight excluding hydrogens is 349 g/mol. The number of rotatable bonds is 8. The van der Waals surface area contributed by atoms with Crippen LogP contribution in [0.2, 0.25) is 0 Å². The number of imidazole rings is 1. The van der Waals surface area contributed by atoms with Gasteiger partial charge in [-0.25, -0.2) is 9.37 Å². The molecule has 2 aromatic heterocycles. The lowest BCUT2D eigenvalue weighted by molar-refractivity contribution is 0.0949. The second-order valence-electron chi connectivity index (χ2n) is 5.89. The third kappa shape index (κ3) is 4.55. The van der Waals surface area contributed by atoms with Crippen LogP contribution < -0.4 is 14.8 Å². The summed E-state index contributed by atoms with van der Waals surface area (Å²) in [6.07, 6.45) is 3.44. The number of aromatic nitrogens is 2. The summed E-state index contributed by atoms with van der Waals surface area (Å²) < 4.78 is 25.9. The first-order valence-electron chi connectivity index (χ1n) is 8.91.